The first kappa shape index (κ1) is 30.2. The minimum atomic E-state index is -1.51. The van der Waals surface area contributed by atoms with Gasteiger partial charge in [0, 0.05) is 25.1 Å². The second kappa shape index (κ2) is 12.8. The number of amides is 1. The van der Waals surface area contributed by atoms with E-state index in [9.17, 15) is 29.4 Å². The number of aliphatic carboxylic acids is 1. The highest BCUT2D eigenvalue weighted by molar-refractivity contribution is 6.22. The van der Waals surface area contributed by atoms with Gasteiger partial charge in [-0.2, -0.15) is 0 Å². The number of carbonyl (C=O) groups excluding carboxylic acids is 3. The molecule has 1 amide bonds. The van der Waals surface area contributed by atoms with Crippen molar-refractivity contribution in [2.24, 2.45) is 16.3 Å². The van der Waals surface area contributed by atoms with E-state index >= 15 is 0 Å². The summed E-state index contributed by atoms with van der Waals surface area (Å²) in [7, 11) is 0. The first-order chi connectivity index (χ1) is 16.1. The van der Waals surface area contributed by atoms with Crippen LogP contribution in [0.25, 0.3) is 0 Å². The summed E-state index contributed by atoms with van der Waals surface area (Å²) in [5.41, 5.74) is 1.63. The lowest BCUT2D eigenvalue weighted by molar-refractivity contribution is -0.158. The number of ether oxygens (including phenoxy) is 1. The van der Waals surface area contributed by atoms with Crippen molar-refractivity contribution in [1.82, 2.24) is 10.7 Å². The topological polar surface area (TPSA) is 180 Å². The number of unbranched alkanes of at least 4 members (excludes halogenated alkanes) is 1. The van der Waals surface area contributed by atoms with Crippen LogP contribution >= 0.6 is 0 Å². The second-order valence-corrected chi connectivity index (χ2v) is 10.6. The number of aliphatic hydroxyl groups excluding tert-OH is 1. The van der Waals surface area contributed by atoms with Gasteiger partial charge in [0.2, 0.25) is 5.91 Å². The van der Waals surface area contributed by atoms with Gasteiger partial charge in [0.05, 0.1) is 12.0 Å². The number of rotatable bonds is 12. The monoisotopic (exact) mass is 496 g/mol. The number of Topliss-reactive ketones (excluding diaryl/α,β-unsaturated/α-hetero) is 1. The highest BCUT2D eigenvalue weighted by Gasteiger charge is 2.35. The SMILES string of the molecule is CC(=N[C@@H](CCCCNN)C(=O)N[C@@H](CC(=O)OC(C)(C)C)C(=O)O)C1=C(O)CC(C)(C)CC1=O. The van der Waals surface area contributed by atoms with Crippen molar-refractivity contribution >= 4 is 29.3 Å². The molecule has 0 saturated heterocycles. The first-order valence-electron chi connectivity index (χ1n) is 11.7. The molecule has 6 N–H and O–H groups in total. The van der Waals surface area contributed by atoms with E-state index in [0.717, 1.165) is 0 Å². The largest absolute Gasteiger partial charge is 0.511 e. The molecule has 1 rings (SSSR count). The molecule has 0 bridgehead atoms. The number of hydrogen-bond acceptors (Lipinski definition) is 9. The predicted octanol–water partition coefficient (Wildman–Crippen LogP) is 1.95. The number of aliphatic hydroxyl groups is 1. The molecule has 11 nitrogen and oxygen atoms in total. The summed E-state index contributed by atoms with van der Waals surface area (Å²) in [6.45, 7) is 10.8. The summed E-state index contributed by atoms with van der Waals surface area (Å²) in [6, 6.07) is -2.54. The lowest BCUT2D eigenvalue weighted by atomic mass is 9.75. The molecule has 198 valence electrons. The van der Waals surface area contributed by atoms with Crippen LogP contribution in [0.15, 0.2) is 16.3 Å². The van der Waals surface area contributed by atoms with Gasteiger partial charge in [0.25, 0.3) is 0 Å². The molecule has 0 aliphatic heterocycles. The molecule has 0 saturated carbocycles. The van der Waals surface area contributed by atoms with Crippen LogP contribution in [0.2, 0.25) is 0 Å². The molecule has 1 aliphatic carbocycles. The van der Waals surface area contributed by atoms with E-state index in [4.69, 9.17) is 10.6 Å². The third-order valence-electron chi connectivity index (χ3n) is 5.32. The van der Waals surface area contributed by atoms with E-state index in [0.29, 0.717) is 25.8 Å². The second-order valence-electron chi connectivity index (χ2n) is 10.6. The molecular weight excluding hydrogens is 456 g/mol. The normalized spacial score (nSPS) is 18.1. The third kappa shape index (κ3) is 10.6. The van der Waals surface area contributed by atoms with Crippen LogP contribution in [-0.4, -0.2) is 63.8 Å². The highest BCUT2D eigenvalue weighted by atomic mass is 16.6. The van der Waals surface area contributed by atoms with Gasteiger partial charge < -0.3 is 20.3 Å². The van der Waals surface area contributed by atoms with Gasteiger partial charge in [-0.25, -0.2) is 4.79 Å². The van der Waals surface area contributed by atoms with Gasteiger partial charge in [-0.1, -0.05) is 13.8 Å². The Labute approximate surface area is 206 Å². The van der Waals surface area contributed by atoms with E-state index in [-0.39, 0.29) is 41.1 Å². The summed E-state index contributed by atoms with van der Waals surface area (Å²) in [6.07, 6.45) is 1.40. The van der Waals surface area contributed by atoms with Crippen molar-refractivity contribution in [2.75, 3.05) is 6.54 Å². The van der Waals surface area contributed by atoms with Crippen molar-refractivity contribution in [3.05, 3.63) is 11.3 Å². The number of carboxylic acid groups (broad SMARTS) is 1. The molecule has 2 atom stereocenters. The quantitative estimate of drug-likeness (QED) is 0.0887. The number of aliphatic imine (C=N–C) groups is 1. The summed E-state index contributed by atoms with van der Waals surface area (Å²) in [5, 5.41) is 22.4. The molecule has 0 aromatic carbocycles. The average molecular weight is 497 g/mol. The van der Waals surface area contributed by atoms with Crippen LogP contribution in [0.5, 0.6) is 0 Å². The number of carboxylic acids is 1. The Morgan fingerprint density at radius 2 is 1.83 bits per heavy atom. The van der Waals surface area contributed by atoms with Crippen LogP contribution in [0, 0.1) is 5.41 Å². The number of carbonyl (C=O) groups is 4. The Balaban J connectivity index is 3.13. The van der Waals surface area contributed by atoms with Gasteiger partial charge in [-0.3, -0.25) is 30.6 Å². The van der Waals surface area contributed by atoms with Crippen LogP contribution < -0.4 is 16.6 Å². The molecule has 0 unspecified atom stereocenters. The zero-order valence-corrected chi connectivity index (χ0v) is 21.6. The van der Waals surface area contributed by atoms with Crippen molar-refractivity contribution in [1.29, 1.82) is 0 Å². The lowest BCUT2D eigenvalue weighted by Gasteiger charge is -2.29. The maximum atomic E-state index is 13.0. The average Bonchev–Trinajstić information content (AvgIpc) is 2.66. The zero-order valence-electron chi connectivity index (χ0n) is 21.6. The fourth-order valence-electron chi connectivity index (χ4n) is 3.83. The lowest BCUT2D eigenvalue weighted by Crippen LogP contribution is -2.47. The fourth-order valence-corrected chi connectivity index (χ4v) is 3.83. The Morgan fingerprint density at radius 1 is 1.20 bits per heavy atom. The number of ketones is 1. The first-order valence-corrected chi connectivity index (χ1v) is 11.7. The Morgan fingerprint density at radius 3 is 2.34 bits per heavy atom. The van der Waals surface area contributed by atoms with Crippen molar-refractivity contribution in [3.63, 3.8) is 0 Å². The molecule has 0 aromatic rings. The standard InChI is InChI=1S/C24H40N4O7/c1-14(20-17(29)12-24(5,6)13-18(20)30)27-15(9-7-8-10-26-25)21(32)28-16(22(33)34)11-19(31)35-23(2,3)4/h15-16,26,29H,7-13,25H2,1-6H3,(H,28,32)(H,33,34)/t15-,16-/m0/s1. The van der Waals surface area contributed by atoms with Gasteiger partial charge in [0.1, 0.15) is 23.4 Å². The maximum absolute atomic E-state index is 13.0. The molecule has 35 heavy (non-hydrogen) atoms. The third-order valence-corrected chi connectivity index (χ3v) is 5.32. The zero-order chi connectivity index (χ0) is 27.0. The molecule has 1 aliphatic rings. The molecule has 0 heterocycles. The van der Waals surface area contributed by atoms with E-state index in [1.54, 1.807) is 27.7 Å². The number of allylic oxidation sites excluding steroid dienone is 2. The Bertz CT molecular complexity index is 872. The summed E-state index contributed by atoms with van der Waals surface area (Å²) < 4.78 is 5.17. The minimum Gasteiger partial charge on any atom is -0.511 e. The summed E-state index contributed by atoms with van der Waals surface area (Å²) >= 11 is 0. The highest BCUT2D eigenvalue weighted by Crippen LogP contribution is 2.36. The molecule has 0 spiro atoms. The Kier molecular flexibility index (Phi) is 11.0. The van der Waals surface area contributed by atoms with E-state index in [1.807, 2.05) is 13.8 Å². The predicted molar refractivity (Wildman–Crippen MR) is 131 cm³/mol. The van der Waals surface area contributed by atoms with Crippen LogP contribution in [0.4, 0.5) is 0 Å². The van der Waals surface area contributed by atoms with E-state index in [2.05, 4.69) is 15.7 Å². The minimum absolute atomic E-state index is 0.0765. The molecular formula is C24H40N4O7. The smallest absolute Gasteiger partial charge is 0.326 e. The van der Waals surface area contributed by atoms with Crippen molar-refractivity contribution in [2.45, 2.75) is 97.8 Å². The van der Waals surface area contributed by atoms with Crippen LogP contribution in [0.3, 0.4) is 0 Å². The number of nitrogens with zero attached hydrogens (tertiary/aromatic N) is 1. The molecule has 0 radical (unpaired) electrons. The molecule has 11 heteroatoms. The number of hydrazine groups is 1. The molecule has 0 aromatic heterocycles. The van der Waals surface area contributed by atoms with Crippen molar-refractivity contribution in [3.8, 4) is 0 Å². The fraction of sp³-hybridized carbons (Fsp3) is 0.708. The summed E-state index contributed by atoms with van der Waals surface area (Å²) in [5.74, 6) is 2.09. The number of esters is 1. The van der Waals surface area contributed by atoms with Gasteiger partial charge in [-0.15, -0.1) is 0 Å². The van der Waals surface area contributed by atoms with Crippen LogP contribution in [-0.2, 0) is 23.9 Å². The number of nitrogens with two attached hydrogens (primary N) is 1. The number of nitrogens with one attached hydrogen (secondary N) is 2. The van der Waals surface area contributed by atoms with E-state index < -0.39 is 42.0 Å². The van der Waals surface area contributed by atoms with Gasteiger partial charge >= 0.3 is 11.9 Å². The van der Waals surface area contributed by atoms with Crippen LogP contribution in [0.1, 0.15) is 80.1 Å². The maximum Gasteiger partial charge on any atom is 0.326 e. The van der Waals surface area contributed by atoms with Crippen molar-refractivity contribution < 1.29 is 34.1 Å². The van der Waals surface area contributed by atoms with E-state index in [1.165, 1.54) is 0 Å². The van der Waals surface area contributed by atoms with Gasteiger partial charge in [-0.05, 0) is 52.4 Å². The molecule has 0 fully saturated rings. The van der Waals surface area contributed by atoms with Gasteiger partial charge in [0.15, 0.2) is 5.78 Å². The number of hydrogen-bond donors (Lipinski definition) is 5. The summed E-state index contributed by atoms with van der Waals surface area (Å²) in [4.78, 5) is 53.9. The Hall–Kier alpha value is -2.79.